The maximum absolute atomic E-state index is 5.97. The van der Waals surface area contributed by atoms with Gasteiger partial charge in [0.25, 0.3) is 0 Å². The highest BCUT2D eigenvalue weighted by molar-refractivity contribution is 7.20. The molecule has 1 aliphatic heterocycles. The number of anilines is 1. The van der Waals surface area contributed by atoms with Gasteiger partial charge in [-0.3, -0.25) is 4.90 Å². The molecule has 4 aromatic rings. The molecule has 0 aliphatic carbocycles. The number of hydrogen-bond acceptors (Lipinski definition) is 9. The van der Waals surface area contributed by atoms with Crippen molar-refractivity contribution in [1.82, 2.24) is 29.6 Å². The molecule has 1 fully saturated rings. The number of benzene rings is 1. The molecule has 30 heavy (non-hydrogen) atoms. The van der Waals surface area contributed by atoms with Crippen LogP contribution in [0.4, 0.5) is 5.13 Å². The number of halogens is 1. The number of methoxy groups -OCH3 is 1. The van der Waals surface area contributed by atoms with Gasteiger partial charge in [-0.2, -0.15) is 4.98 Å². The van der Waals surface area contributed by atoms with Crippen molar-refractivity contribution in [3.8, 4) is 11.3 Å². The van der Waals surface area contributed by atoms with E-state index in [1.165, 1.54) is 0 Å². The van der Waals surface area contributed by atoms with Gasteiger partial charge in [-0.1, -0.05) is 40.2 Å². The van der Waals surface area contributed by atoms with Crippen LogP contribution in [0.1, 0.15) is 11.7 Å². The summed E-state index contributed by atoms with van der Waals surface area (Å²) in [6.07, 6.45) is 1.96. The molecule has 0 N–H and O–H groups in total. The lowest BCUT2D eigenvalue weighted by Crippen LogP contribution is -2.46. The molecule has 0 spiro atoms. The number of rotatable bonds is 6. The van der Waals surface area contributed by atoms with Crippen molar-refractivity contribution in [2.45, 2.75) is 13.2 Å². The summed E-state index contributed by atoms with van der Waals surface area (Å²) in [5.41, 5.74) is 1.93. The van der Waals surface area contributed by atoms with E-state index in [9.17, 15) is 0 Å². The Morgan fingerprint density at radius 2 is 1.93 bits per heavy atom. The van der Waals surface area contributed by atoms with Gasteiger partial charge < -0.3 is 14.2 Å². The zero-order valence-electron chi connectivity index (χ0n) is 16.4. The van der Waals surface area contributed by atoms with E-state index >= 15 is 0 Å². The summed E-state index contributed by atoms with van der Waals surface area (Å²) in [6.45, 7) is 4.60. The Bertz CT molecular complexity index is 1100. The predicted molar refractivity (Wildman–Crippen MR) is 114 cm³/mol. The van der Waals surface area contributed by atoms with Crippen LogP contribution in [-0.4, -0.2) is 62.9 Å². The first kappa shape index (κ1) is 19.4. The van der Waals surface area contributed by atoms with E-state index in [1.807, 2.05) is 35.0 Å². The lowest BCUT2D eigenvalue weighted by Gasteiger charge is -2.33. The van der Waals surface area contributed by atoms with Crippen LogP contribution in [0, 0.1) is 0 Å². The topological polar surface area (TPSA) is 84.8 Å². The summed E-state index contributed by atoms with van der Waals surface area (Å²) < 4.78 is 12.2. The monoisotopic (exact) mass is 445 g/mol. The largest absolute Gasteiger partial charge is 0.377 e. The minimum atomic E-state index is 0.364. The Labute approximate surface area is 181 Å². The zero-order valence-corrected chi connectivity index (χ0v) is 17.9. The van der Waals surface area contributed by atoms with Crippen LogP contribution in [0.5, 0.6) is 0 Å². The van der Waals surface area contributed by atoms with E-state index in [0.717, 1.165) is 47.5 Å². The Hall–Kier alpha value is -2.53. The highest BCUT2D eigenvalue weighted by Gasteiger charge is 2.22. The molecule has 156 valence electrons. The van der Waals surface area contributed by atoms with Crippen LogP contribution in [0.25, 0.3) is 16.2 Å². The second-order valence-electron chi connectivity index (χ2n) is 7.05. The van der Waals surface area contributed by atoms with Crippen molar-refractivity contribution in [2.75, 3.05) is 38.2 Å². The summed E-state index contributed by atoms with van der Waals surface area (Å²) in [5, 5.41) is 10.3. The van der Waals surface area contributed by atoms with Gasteiger partial charge in [-0.25, -0.2) is 9.50 Å². The second-order valence-corrected chi connectivity index (χ2v) is 8.42. The summed E-state index contributed by atoms with van der Waals surface area (Å²) in [5.74, 6) is 1.20. The molecule has 0 unspecified atom stereocenters. The van der Waals surface area contributed by atoms with Gasteiger partial charge in [-0.15, -0.1) is 5.10 Å². The fourth-order valence-corrected chi connectivity index (χ4v) is 4.47. The van der Waals surface area contributed by atoms with Gasteiger partial charge >= 0.3 is 0 Å². The van der Waals surface area contributed by atoms with Crippen LogP contribution in [0.15, 0.2) is 35.0 Å². The normalized spacial score (nSPS) is 15.3. The third kappa shape index (κ3) is 4.04. The van der Waals surface area contributed by atoms with Crippen molar-refractivity contribution < 1.29 is 9.26 Å². The fraction of sp³-hybridized carbons (Fsp3) is 0.368. The molecule has 9 nitrogen and oxygen atoms in total. The van der Waals surface area contributed by atoms with Crippen molar-refractivity contribution in [3.63, 3.8) is 0 Å². The molecule has 1 saturated heterocycles. The van der Waals surface area contributed by atoms with E-state index < -0.39 is 0 Å². The maximum atomic E-state index is 5.97. The molecular weight excluding hydrogens is 426 g/mol. The molecule has 0 amide bonds. The molecule has 0 atom stereocenters. The Kier molecular flexibility index (Phi) is 5.38. The van der Waals surface area contributed by atoms with Crippen molar-refractivity contribution in [2.24, 2.45) is 0 Å². The molecule has 1 aromatic carbocycles. The lowest BCUT2D eigenvalue weighted by molar-refractivity contribution is 0.174. The smallest absolute Gasteiger partial charge is 0.240 e. The molecule has 5 rings (SSSR count). The van der Waals surface area contributed by atoms with Gasteiger partial charge in [0, 0.05) is 43.9 Å². The number of piperazine rings is 1. The van der Waals surface area contributed by atoms with Crippen molar-refractivity contribution in [1.29, 1.82) is 0 Å². The van der Waals surface area contributed by atoms with Crippen molar-refractivity contribution in [3.05, 3.63) is 47.2 Å². The van der Waals surface area contributed by atoms with Crippen LogP contribution >= 0.6 is 22.9 Å². The highest BCUT2D eigenvalue weighted by Crippen LogP contribution is 2.28. The van der Waals surface area contributed by atoms with Crippen LogP contribution in [-0.2, 0) is 17.9 Å². The first-order valence-corrected chi connectivity index (χ1v) is 10.8. The third-order valence-electron chi connectivity index (χ3n) is 4.96. The SMILES string of the molecule is COCc1noc(CN2CCN(c3nn4cc(-c5ccc(Cl)cc5)nc4s3)CC2)n1. The van der Waals surface area contributed by atoms with Crippen LogP contribution in [0.2, 0.25) is 5.02 Å². The Morgan fingerprint density at radius 3 is 2.67 bits per heavy atom. The lowest BCUT2D eigenvalue weighted by atomic mass is 10.2. The number of hydrogen-bond donors (Lipinski definition) is 0. The molecular formula is C19H20ClN7O2S. The van der Waals surface area contributed by atoms with E-state index in [-0.39, 0.29) is 0 Å². The summed E-state index contributed by atoms with van der Waals surface area (Å²) >= 11 is 7.57. The number of ether oxygens (including phenoxy) is 1. The number of aromatic nitrogens is 5. The summed E-state index contributed by atoms with van der Waals surface area (Å²) in [4.78, 5) is 14.5. The Morgan fingerprint density at radius 1 is 1.13 bits per heavy atom. The van der Waals surface area contributed by atoms with Gasteiger partial charge in [0.05, 0.1) is 18.4 Å². The van der Waals surface area contributed by atoms with Crippen LogP contribution < -0.4 is 4.90 Å². The standard InChI is InChI=1S/C19H20ClN7O2S/c1-28-12-16-22-17(29-24-16)11-25-6-8-26(9-7-25)19-23-27-10-15(21-18(27)30-19)13-2-4-14(20)5-3-13/h2-5,10H,6-9,11-12H2,1H3. The van der Waals surface area contributed by atoms with E-state index in [4.69, 9.17) is 30.9 Å². The first-order valence-electron chi connectivity index (χ1n) is 9.58. The molecule has 1 aliphatic rings. The van der Waals surface area contributed by atoms with Gasteiger partial charge in [0.2, 0.25) is 16.0 Å². The van der Waals surface area contributed by atoms with E-state index in [2.05, 4.69) is 19.9 Å². The molecule has 0 saturated carbocycles. The van der Waals surface area contributed by atoms with Gasteiger partial charge in [0.1, 0.15) is 6.61 Å². The minimum Gasteiger partial charge on any atom is -0.377 e. The molecule has 4 heterocycles. The summed E-state index contributed by atoms with van der Waals surface area (Å²) in [6, 6.07) is 7.68. The summed E-state index contributed by atoms with van der Waals surface area (Å²) in [7, 11) is 1.61. The van der Waals surface area contributed by atoms with Gasteiger partial charge in [-0.05, 0) is 12.1 Å². The number of imidazole rings is 1. The average Bonchev–Trinajstić information content (AvgIpc) is 3.45. The number of fused-ring (bicyclic) bond motifs is 1. The second kappa shape index (κ2) is 8.31. The van der Waals surface area contributed by atoms with E-state index in [1.54, 1.807) is 18.4 Å². The maximum Gasteiger partial charge on any atom is 0.240 e. The molecule has 3 aromatic heterocycles. The third-order valence-corrected chi connectivity index (χ3v) is 6.19. The number of nitrogens with zero attached hydrogens (tertiary/aromatic N) is 7. The Balaban J connectivity index is 1.21. The van der Waals surface area contributed by atoms with Crippen molar-refractivity contribution >= 4 is 33.0 Å². The quantitative estimate of drug-likeness (QED) is 0.448. The predicted octanol–water partition coefficient (Wildman–Crippen LogP) is 2.96. The van der Waals surface area contributed by atoms with Crippen LogP contribution in [0.3, 0.4) is 0 Å². The molecule has 11 heteroatoms. The molecule has 0 bridgehead atoms. The highest BCUT2D eigenvalue weighted by atomic mass is 35.5. The first-order chi connectivity index (χ1) is 14.7. The molecule has 0 radical (unpaired) electrons. The van der Waals surface area contributed by atoms with E-state index in [0.29, 0.717) is 29.9 Å². The zero-order chi connectivity index (χ0) is 20.5. The fourth-order valence-electron chi connectivity index (χ4n) is 3.41. The average molecular weight is 446 g/mol. The minimum absolute atomic E-state index is 0.364. The van der Waals surface area contributed by atoms with Gasteiger partial charge in [0.15, 0.2) is 5.82 Å².